The molecule has 0 saturated carbocycles. The smallest absolute Gasteiger partial charge is 0.150 e. The lowest BCUT2D eigenvalue weighted by Gasteiger charge is -1.98. The highest BCUT2D eigenvalue weighted by Crippen LogP contribution is 2.14. The largest absolute Gasteiger partial charge is 0.496 e. The van der Waals surface area contributed by atoms with E-state index in [1.807, 2.05) is 24.3 Å². The zero-order chi connectivity index (χ0) is 9.54. The van der Waals surface area contributed by atoms with E-state index in [0.29, 0.717) is 6.61 Å². The Labute approximate surface area is 80.8 Å². The van der Waals surface area contributed by atoms with E-state index in [2.05, 4.69) is 0 Å². The van der Waals surface area contributed by atoms with Crippen molar-refractivity contribution in [2.45, 2.75) is 6.61 Å². The summed E-state index contributed by atoms with van der Waals surface area (Å²) in [5, 5.41) is 2.15. The van der Waals surface area contributed by atoms with E-state index in [4.69, 9.17) is 4.74 Å². The summed E-state index contributed by atoms with van der Waals surface area (Å²) in [6.07, 6.45) is 6.51. The van der Waals surface area contributed by atoms with E-state index in [-0.39, 0.29) is 0 Å². The average molecular weight is 184 g/mol. The van der Waals surface area contributed by atoms with Crippen LogP contribution in [0.15, 0.2) is 18.2 Å². The predicted molar refractivity (Wildman–Crippen MR) is 53.5 cm³/mol. The van der Waals surface area contributed by atoms with Crippen molar-refractivity contribution in [2.24, 2.45) is 0 Å². The number of carbonyl (C=O) groups excluding carboxylic acids is 1. The number of allylic oxidation sites excluding steroid dienone is 1. The van der Waals surface area contributed by atoms with E-state index in [0.717, 1.165) is 27.9 Å². The Morgan fingerprint density at radius 1 is 1.29 bits per heavy atom. The van der Waals surface area contributed by atoms with Crippen LogP contribution in [0.3, 0.4) is 0 Å². The Bertz CT molecular complexity index is 565. The zero-order valence-corrected chi connectivity index (χ0v) is 7.49. The summed E-state index contributed by atoms with van der Waals surface area (Å²) in [6, 6.07) is 3.97. The van der Waals surface area contributed by atoms with Gasteiger partial charge in [0.2, 0.25) is 0 Å². The van der Waals surface area contributed by atoms with Crippen LogP contribution < -0.4 is 10.4 Å². The molecule has 1 aliphatic heterocycles. The van der Waals surface area contributed by atoms with Crippen LogP contribution in [-0.2, 0) is 16.1 Å². The fraction of sp³-hybridized carbons (Fsp3) is 0.0833. The monoisotopic (exact) mass is 184 g/mol. The molecule has 2 heteroatoms. The number of hydrogen-bond donors (Lipinski definition) is 0. The molecule has 1 aromatic rings. The maximum atomic E-state index is 10.7. The van der Waals surface area contributed by atoms with Gasteiger partial charge >= 0.3 is 0 Å². The van der Waals surface area contributed by atoms with E-state index in [1.54, 1.807) is 6.26 Å². The SMILES string of the molecule is O=CC1=c2ccc3c(c2C=C1)COC=3. The number of aldehydes is 1. The summed E-state index contributed by atoms with van der Waals surface area (Å²) >= 11 is 0. The number of ether oxygens (including phenoxy) is 1. The predicted octanol–water partition coefficient (Wildman–Crippen LogP) is 0.331. The van der Waals surface area contributed by atoms with Gasteiger partial charge in [0.1, 0.15) is 6.61 Å². The van der Waals surface area contributed by atoms with Crippen LogP contribution in [0.5, 0.6) is 0 Å². The molecule has 0 fully saturated rings. The maximum absolute atomic E-state index is 10.7. The second kappa shape index (κ2) is 2.58. The Balaban J connectivity index is 2.46. The normalized spacial score (nSPS) is 15.9. The molecular weight excluding hydrogens is 176 g/mol. The molecule has 14 heavy (non-hydrogen) atoms. The van der Waals surface area contributed by atoms with Gasteiger partial charge in [0.15, 0.2) is 6.29 Å². The summed E-state index contributed by atoms with van der Waals surface area (Å²) in [5.41, 5.74) is 3.09. The number of carbonyl (C=O) groups is 1. The molecular formula is C12H8O2. The number of hydrogen-bond acceptors (Lipinski definition) is 2. The van der Waals surface area contributed by atoms with Crippen LogP contribution in [0.1, 0.15) is 11.1 Å². The van der Waals surface area contributed by atoms with Crippen LogP contribution in [-0.4, -0.2) is 6.29 Å². The van der Waals surface area contributed by atoms with Crippen molar-refractivity contribution in [3.8, 4) is 0 Å². The molecule has 0 aromatic heterocycles. The van der Waals surface area contributed by atoms with Gasteiger partial charge in [-0.05, 0) is 10.8 Å². The van der Waals surface area contributed by atoms with Crippen molar-refractivity contribution < 1.29 is 9.53 Å². The van der Waals surface area contributed by atoms with Crippen LogP contribution in [0.4, 0.5) is 0 Å². The third-order valence-corrected chi connectivity index (χ3v) is 2.70. The lowest BCUT2D eigenvalue weighted by Crippen LogP contribution is -2.16. The summed E-state index contributed by atoms with van der Waals surface area (Å²) < 4.78 is 5.25. The van der Waals surface area contributed by atoms with Crippen LogP contribution in [0, 0.1) is 0 Å². The number of rotatable bonds is 1. The highest BCUT2D eigenvalue weighted by atomic mass is 16.5. The molecule has 0 bridgehead atoms. The first-order chi connectivity index (χ1) is 6.90. The molecule has 0 N–H and O–H groups in total. The lowest BCUT2D eigenvalue weighted by atomic mass is 10.1. The van der Waals surface area contributed by atoms with Gasteiger partial charge in [0.25, 0.3) is 0 Å². The highest BCUT2D eigenvalue weighted by molar-refractivity contribution is 6.07. The highest BCUT2D eigenvalue weighted by Gasteiger charge is 2.13. The van der Waals surface area contributed by atoms with Gasteiger partial charge in [-0.1, -0.05) is 24.3 Å². The third-order valence-electron chi connectivity index (χ3n) is 2.70. The Kier molecular flexibility index (Phi) is 1.39. The maximum Gasteiger partial charge on any atom is 0.150 e. The van der Waals surface area contributed by atoms with Crippen LogP contribution in [0.25, 0.3) is 17.9 Å². The molecule has 1 heterocycles. The summed E-state index contributed by atoms with van der Waals surface area (Å²) in [5.74, 6) is 0. The van der Waals surface area contributed by atoms with E-state index < -0.39 is 0 Å². The summed E-state index contributed by atoms with van der Waals surface area (Å²) in [4.78, 5) is 10.7. The summed E-state index contributed by atoms with van der Waals surface area (Å²) in [7, 11) is 0. The Morgan fingerprint density at radius 2 is 2.21 bits per heavy atom. The molecule has 1 aromatic carbocycles. The molecule has 1 aliphatic carbocycles. The quantitative estimate of drug-likeness (QED) is 0.588. The van der Waals surface area contributed by atoms with Gasteiger partial charge in [0.05, 0.1) is 6.26 Å². The first-order valence-electron chi connectivity index (χ1n) is 4.51. The van der Waals surface area contributed by atoms with Crippen LogP contribution in [0.2, 0.25) is 0 Å². The van der Waals surface area contributed by atoms with Crippen molar-refractivity contribution in [3.63, 3.8) is 0 Å². The van der Waals surface area contributed by atoms with Crippen molar-refractivity contribution in [3.05, 3.63) is 39.8 Å². The van der Waals surface area contributed by atoms with Gasteiger partial charge in [-0.2, -0.15) is 0 Å². The molecule has 0 saturated heterocycles. The standard InChI is InChI=1S/C12H8O2/c13-5-8-1-4-11-10(8)3-2-9-6-14-7-12(9)11/h1-6H,7H2. The fourth-order valence-corrected chi connectivity index (χ4v) is 1.98. The minimum absolute atomic E-state index is 0.620. The van der Waals surface area contributed by atoms with E-state index in [9.17, 15) is 4.79 Å². The second-order valence-electron chi connectivity index (χ2n) is 3.43. The molecule has 2 aliphatic rings. The lowest BCUT2D eigenvalue weighted by molar-refractivity contribution is -0.103. The number of benzene rings is 1. The second-order valence-corrected chi connectivity index (χ2v) is 3.43. The van der Waals surface area contributed by atoms with Crippen molar-refractivity contribution in [1.82, 2.24) is 0 Å². The minimum Gasteiger partial charge on any atom is -0.496 e. The molecule has 0 spiro atoms. The molecule has 0 radical (unpaired) electrons. The van der Waals surface area contributed by atoms with Gasteiger partial charge in [-0.3, -0.25) is 4.79 Å². The summed E-state index contributed by atoms with van der Waals surface area (Å²) in [6.45, 7) is 0.620. The average Bonchev–Trinajstić information content (AvgIpc) is 2.82. The van der Waals surface area contributed by atoms with Crippen molar-refractivity contribution >= 4 is 24.2 Å². The van der Waals surface area contributed by atoms with Crippen molar-refractivity contribution in [1.29, 1.82) is 0 Å². The molecule has 0 unspecified atom stereocenters. The molecule has 68 valence electrons. The number of fused-ring (bicyclic) bond motifs is 3. The van der Waals surface area contributed by atoms with Gasteiger partial charge in [-0.15, -0.1) is 0 Å². The minimum atomic E-state index is 0.620. The molecule has 0 atom stereocenters. The third kappa shape index (κ3) is 0.826. The zero-order valence-electron chi connectivity index (χ0n) is 7.49. The van der Waals surface area contributed by atoms with Crippen molar-refractivity contribution in [2.75, 3.05) is 0 Å². The first-order valence-corrected chi connectivity index (χ1v) is 4.51. The Hall–Kier alpha value is -1.83. The van der Waals surface area contributed by atoms with Gasteiger partial charge in [-0.25, -0.2) is 0 Å². The van der Waals surface area contributed by atoms with Gasteiger partial charge < -0.3 is 4.74 Å². The van der Waals surface area contributed by atoms with E-state index >= 15 is 0 Å². The topological polar surface area (TPSA) is 26.3 Å². The first kappa shape index (κ1) is 7.56. The molecule has 3 rings (SSSR count). The Morgan fingerprint density at radius 3 is 3.07 bits per heavy atom. The molecule has 0 amide bonds. The fourth-order valence-electron chi connectivity index (χ4n) is 1.98. The molecule has 2 nitrogen and oxygen atoms in total. The van der Waals surface area contributed by atoms with Crippen LogP contribution >= 0.6 is 0 Å². The van der Waals surface area contributed by atoms with Gasteiger partial charge in [0, 0.05) is 16.4 Å². The van der Waals surface area contributed by atoms with E-state index in [1.165, 1.54) is 5.56 Å².